The maximum absolute atomic E-state index is 11.1. The molecule has 0 aliphatic rings. The van der Waals surface area contributed by atoms with E-state index in [1.54, 1.807) is 30.3 Å². The molecule has 0 unspecified atom stereocenters. The quantitative estimate of drug-likeness (QED) is 0.884. The van der Waals surface area contributed by atoms with E-state index >= 15 is 0 Å². The predicted octanol–water partition coefficient (Wildman–Crippen LogP) is 1.69. The third kappa shape index (κ3) is 2.33. The van der Waals surface area contributed by atoms with Crippen molar-refractivity contribution in [1.82, 2.24) is 9.55 Å². The lowest BCUT2D eigenvalue weighted by Crippen LogP contribution is -2.11. The molecule has 1 aromatic carbocycles. The summed E-state index contributed by atoms with van der Waals surface area (Å²) in [5, 5.41) is 17.9. The van der Waals surface area contributed by atoms with Crippen molar-refractivity contribution in [1.29, 1.82) is 0 Å². The number of nitrogens with zero attached hydrogens (tertiary/aromatic N) is 2. The minimum atomic E-state index is -1.36. The van der Waals surface area contributed by atoms with Crippen LogP contribution in [0.15, 0.2) is 36.7 Å². The largest absolute Gasteiger partial charge is 0.476 e. The molecule has 6 nitrogen and oxygen atoms in total. The Balaban J connectivity index is 0.00000162. The van der Waals surface area contributed by atoms with Gasteiger partial charge in [-0.2, -0.15) is 0 Å². The first-order chi connectivity index (χ1) is 8.11. The summed E-state index contributed by atoms with van der Waals surface area (Å²) in [7, 11) is 0. The van der Waals surface area contributed by atoms with E-state index in [0.717, 1.165) is 0 Å². The highest BCUT2D eigenvalue weighted by Crippen LogP contribution is 2.14. The fourth-order valence-corrected chi connectivity index (χ4v) is 1.49. The molecule has 1 heterocycles. The van der Waals surface area contributed by atoms with Gasteiger partial charge in [-0.05, 0) is 12.1 Å². The molecular formula is C11H9ClN2O4. The van der Waals surface area contributed by atoms with Crippen LogP contribution in [-0.4, -0.2) is 31.7 Å². The van der Waals surface area contributed by atoms with Crippen LogP contribution in [0.5, 0.6) is 0 Å². The normalized spacial score (nSPS) is 9.56. The Bertz CT molecular complexity index is 580. The first kappa shape index (κ1) is 13.7. The van der Waals surface area contributed by atoms with Crippen LogP contribution in [-0.2, 0) is 0 Å². The van der Waals surface area contributed by atoms with Gasteiger partial charge in [-0.3, -0.25) is 4.57 Å². The summed E-state index contributed by atoms with van der Waals surface area (Å²) in [4.78, 5) is 25.5. The molecule has 0 radical (unpaired) electrons. The minimum absolute atomic E-state index is 0. The zero-order chi connectivity index (χ0) is 12.4. The molecule has 94 valence electrons. The third-order valence-corrected chi connectivity index (χ3v) is 2.21. The molecule has 18 heavy (non-hydrogen) atoms. The number of imidazole rings is 1. The Hall–Kier alpha value is -2.34. The zero-order valence-corrected chi connectivity index (χ0v) is 9.79. The molecule has 0 aliphatic carbocycles. The lowest BCUT2D eigenvalue weighted by atomic mass is 10.2. The summed E-state index contributed by atoms with van der Waals surface area (Å²) in [6, 6.07) is 8.56. The number of benzene rings is 1. The summed E-state index contributed by atoms with van der Waals surface area (Å²) < 4.78 is 1.23. The Kier molecular flexibility index (Phi) is 4.06. The van der Waals surface area contributed by atoms with Gasteiger partial charge in [0.1, 0.15) is 6.33 Å². The van der Waals surface area contributed by atoms with Crippen LogP contribution in [0.4, 0.5) is 0 Å². The van der Waals surface area contributed by atoms with Gasteiger partial charge in [0.2, 0.25) is 0 Å². The van der Waals surface area contributed by atoms with Gasteiger partial charge in [0.25, 0.3) is 0 Å². The first-order valence-electron chi connectivity index (χ1n) is 4.70. The zero-order valence-electron chi connectivity index (χ0n) is 8.98. The maximum atomic E-state index is 11.1. The number of para-hydroxylation sites is 1. The standard InChI is InChI=1S/C11H8N2O4.ClH/c14-10(15)8-9(11(16)17)13(6-12-8)7-4-2-1-3-5-7;/h1-6H,(H,14,15)(H,16,17);1H. The number of rotatable bonds is 3. The summed E-state index contributed by atoms with van der Waals surface area (Å²) in [6.07, 6.45) is 1.18. The molecule has 2 rings (SSSR count). The molecule has 2 aromatic rings. The van der Waals surface area contributed by atoms with E-state index in [9.17, 15) is 9.59 Å². The number of aromatic carboxylic acids is 2. The molecule has 0 saturated heterocycles. The van der Waals surface area contributed by atoms with E-state index < -0.39 is 17.6 Å². The predicted molar refractivity (Wildman–Crippen MR) is 64.7 cm³/mol. The van der Waals surface area contributed by atoms with Crippen LogP contribution in [0.25, 0.3) is 5.69 Å². The smallest absolute Gasteiger partial charge is 0.357 e. The van der Waals surface area contributed by atoms with Crippen molar-refractivity contribution in [2.75, 3.05) is 0 Å². The molecule has 0 bridgehead atoms. The van der Waals surface area contributed by atoms with Gasteiger partial charge in [-0.25, -0.2) is 14.6 Å². The van der Waals surface area contributed by atoms with Crippen LogP contribution in [0, 0.1) is 0 Å². The number of carboxylic acid groups (broad SMARTS) is 2. The topological polar surface area (TPSA) is 92.4 Å². The van der Waals surface area contributed by atoms with Crippen LogP contribution in [0.1, 0.15) is 21.0 Å². The van der Waals surface area contributed by atoms with Crippen molar-refractivity contribution in [2.24, 2.45) is 0 Å². The van der Waals surface area contributed by atoms with Gasteiger partial charge in [0.05, 0.1) is 0 Å². The fraction of sp³-hybridized carbons (Fsp3) is 0. The highest BCUT2D eigenvalue weighted by molar-refractivity contribution is 5.99. The monoisotopic (exact) mass is 268 g/mol. The summed E-state index contributed by atoms with van der Waals surface area (Å²) >= 11 is 0. The van der Waals surface area contributed by atoms with Gasteiger partial charge in [0.15, 0.2) is 11.4 Å². The number of hydrogen-bond donors (Lipinski definition) is 2. The Labute approximate surface area is 108 Å². The first-order valence-corrected chi connectivity index (χ1v) is 4.70. The van der Waals surface area contributed by atoms with Gasteiger partial charge in [0, 0.05) is 5.69 Å². The summed E-state index contributed by atoms with van der Waals surface area (Å²) in [5.74, 6) is -2.69. The van der Waals surface area contributed by atoms with E-state index in [-0.39, 0.29) is 18.1 Å². The van der Waals surface area contributed by atoms with E-state index in [1.165, 1.54) is 10.9 Å². The van der Waals surface area contributed by atoms with Gasteiger partial charge < -0.3 is 10.2 Å². The SMILES string of the molecule is Cl.O=C(O)c1ncn(-c2ccccc2)c1C(=O)O. The number of halogens is 1. The Morgan fingerprint density at radius 1 is 1.06 bits per heavy atom. The molecule has 1 aromatic heterocycles. The number of carbonyl (C=O) groups is 2. The molecule has 0 fully saturated rings. The number of aromatic nitrogens is 2. The van der Waals surface area contributed by atoms with Gasteiger partial charge in [-0.1, -0.05) is 18.2 Å². The van der Waals surface area contributed by atoms with Gasteiger partial charge >= 0.3 is 11.9 Å². The van der Waals surface area contributed by atoms with Crippen LogP contribution in [0.2, 0.25) is 0 Å². The van der Waals surface area contributed by atoms with E-state index in [2.05, 4.69) is 4.98 Å². The van der Waals surface area contributed by atoms with Crippen LogP contribution >= 0.6 is 12.4 Å². The lowest BCUT2D eigenvalue weighted by molar-refractivity contribution is 0.0642. The van der Waals surface area contributed by atoms with E-state index in [4.69, 9.17) is 10.2 Å². The molecular weight excluding hydrogens is 260 g/mol. The van der Waals surface area contributed by atoms with E-state index in [0.29, 0.717) is 5.69 Å². The van der Waals surface area contributed by atoms with Crippen molar-refractivity contribution in [3.63, 3.8) is 0 Å². The number of carboxylic acids is 2. The fourth-order valence-electron chi connectivity index (χ4n) is 1.49. The van der Waals surface area contributed by atoms with Crippen molar-refractivity contribution in [3.8, 4) is 5.69 Å². The molecule has 2 N–H and O–H groups in total. The summed E-state index contributed by atoms with van der Waals surface area (Å²) in [6.45, 7) is 0. The van der Waals surface area contributed by atoms with Crippen LogP contribution < -0.4 is 0 Å². The summed E-state index contributed by atoms with van der Waals surface area (Å²) in [5.41, 5.74) is -0.282. The average Bonchev–Trinajstić information content (AvgIpc) is 2.74. The average molecular weight is 269 g/mol. The Morgan fingerprint density at radius 2 is 1.67 bits per heavy atom. The molecule has 7 heteroatoms. The lowest BCUT2D eigenvalue weighted by Gasteiger charge is -2.04. The molecule has 0 atom stereocenters. The van der Waals surface area contributed by atoms with Gasteiger partial charge in [-0.15, -0.1) is 12.4 Å². The maximum Gasteiger partial charge on any atom is 0.357 e. The molecule has 0 aliphatic heterocycles. The second-order valence-corrected chi connectivity index (χ2v) is 3.26. The van der Waals surface area contributed by atoms with Crippen molar-refractivity contribution in [2.45, 2.75) is 0 Å². The highest BCUT2D eigenvalue weighted by atomic mass is 35.5. The Morgan fingerprint density at radius 3 is 2.17 bits per heavy atom. The van der Waals surface area contributed by atoms with Crippen molar-refractivity contribution in [3.05, 3.63) is 48.0 Å². The third-order valence-electron chi connectivity index (χ3n) is 2.21. The highest BCUT2D eigenvalue weighted by Gasteiger charge is 2.23. The van der Waals surface area contributed by atoms with Crippen LogP contribution in [0.3, 0.4) is 0 Å². The minimum Gasteiger partial charge on any atom is -0.476 e. The molecule has 0 saturated carbocycles. The van der Waals surface area contributed by atoms with E-state index in [1.807, 2.05) is 0 Å². The second kappa shape index (κ2) is 5.33. The van der Waals surface area contributed by atoms with Crippen molar-refractivity contribution < 1.29 is 19.8 Å². The second-order valence-electron chi connectivity index (χ2n) is 3.26. The number of hydrogen-bond acceptors (Lipinski definition) is 3. The van der Waals surface area contributed by atoms with Crippen molar-refractivity contribution >= 4 is 24.3 Å². The molecule has 0 spiro atoms. The molecule has 0 amide bonds.